The molecule has 2 fully saturated rings. The molecule has 1 aromatic carbocycles. The third-order valence-corrected chi connectivity index (χ3v) is 4.80. The van der Waals surface area contributed by atoms with Crippen molar-refractivity contribution >= 4 is 17.8 Å². The molecule has 7 heteroatoms. The third kappa shape index (κ3) is 1.97. The molecule has 7 nitrogen and oxygen atoms in total. The summed E-state index contributed by atoms with van der Waals surface area (Å²) in [5, 5.41) is 21.2. The summed E-state index contributed by atoms with van der Waals surface area (Å²) in [6.45, 7) is 0. The van der Waals surface area contributed by atoms with Crippen LogP contribution in [0, 0.1) is 17.8 Å². The molecule has 5 N–H and O–H groups in total. The third-order valence-electron chi connectivity index (χ3n) is 4.80. The molecule has 2 aliphatic carbocycles. The molecule has 0 heterocycles. The van der Waals surface area contributed by atoms with E-state index in [2.05, 4.69) is 5.32 Å². The Morgan fingerprint density at radius 3 is 2.36 bits per heavy atom. The minimum Gasteiger partial charge on any atom is -0.481 e. The Kier molecular flexibility index (Phi) is 3.17. The molecule has 0 saturated heterocycles. The Labute approximate surface area is 126 Å². The van der Waals surface area contributed by atoms with E-state index >= 15 is 0 Å². The van der Waals surface area contributed by atoms with Crippen molar-refractivity contribution in [1.82, 2.24) is 5.32 Å². The fourth-order valence-corrected chi connectivity index (χ4v) is 3.66. The predicted octanol–water partition coefficient (Wildman–Crippen LogP) is -0.0824. The fraction of sp³-hybridized carbons (Fsp3) is 0.400. The van der Waals surface area contributed by atoms with Gasteiger partial charge in [0.15, 0.2) is 0 Å². The van der Waals surface area contributed by atoms with Crippen molar-refractivity contribution in [3.05, 3.63) is 35.9 Å². The molecule has 0 aromatic heterocycles. The Balaban J connectivity index is 1.79. The highest BCUT2D eigenvalue weighted by Crippen LogP contribution is 2.61. The first kappa shape index (κ1) is 14.5. The average molecular weight is 304 g/mol. The summed E-state index contributed by atoms with van der Waals surface area (Å²) in [5.74, 6) is -4.37. The molecule has 1 aromatic rings. The molecule has 0 spiro atoms. The van der Waals surface area contributed by atoms with Crippen molar-refractivity contribution < 1.29 is 24.6 Å². The fourth-order valence-electron chi connectivity index (χ4n) is 3.66. The number of nitrogens with one attached hydrogen (secondary N) is 1. The van der Waals surface area contributed by atoms with Crippen LogP contribution in [0.1, 0.15) is 16.8 Å². The minimum atomic E-state index is -1.74. The lowest BCUT2D eigenvalue weighted by atomic mass is 9.86. The number of fused-ring (bicyclic) bond motifs is 1. The number of hydrogen-bond acceptors (Lipinski definition) is 4. The Morgan fingerprint density at radius 1 is 1.18 bits per heavy atom. The van der Waals surface area contributed by atoms with Crippen LogP contribution in [0.4, 0.5) is 0 Å². The van der Waals surface area contributed by atoms with Crippen LogP contribution in [0.15, 0.2) is 30.3 Å². The second-order valence-corrected chi connectivity index (χ2v) is 5.92. The van der Waals surface area contributed by atoms with Crippen LogP contribution < -0.4 is 11.1 Å². The van der Waals surface area contributed by atoms with E-state index in [-0.39, 0.29) is 12.3 Å². The van der Waals surface area contributed by atoms with Gasteiger partial charge in [-0.05, 0) is 24.5 Å². The van der Waals surface area contributed by atoms with Crippen molar-refractivity contribution in [2.75, 3.05) is 0 Å². The zero-order chi connectivity index (χ0) is 16.1. The summed E-state index contributed by atoms with van der Waals surface area (Å²) < 4.78 is 0. The van der Waals surface area contributed by atoms with E-state index in [0.29, 0.717) is 5.56 Å². The number of aliphatic carboxylic acids is 2. The Morgan fingerprint density at radius 2 is 1.82 bits per heavy atom. The van der Waals surface area contributed by atoms with Gasteiger partial charge < -0.3 is 21.3 Å². The number of carboxylic acid groups (broad SMARTS) is 2. The summed E-state index contributed by atoms with van der Waals surface area (Å²) >= 11 is 0. The standard InChI is InChI=1S/C15H16N2O5/c16-15(14(21)22)9(6-8-10(11(8)15)13(19)20)17-12(18)7-4-2-1-3-5-7/h1-5,8-11H,6,16H2,(H,17,18)(H,19,20)(H,21,22)/t8-,9+,10-,11-,15-/m0/s1. The lowest BCUT2D eigenvalue weighted by Crippen LogP contribution is -2.63. The number of carbonyl (C=O) groups is 3. The first-order valence-electron chi connectivity index (χ1n) is 6.98. The molecule has 0 bridgehead atoms. The number of amides is 1. The van der Waals surface area contributed by atoms with Gasteiger partial charge in [0, 0.05) is 11.5 Å². The quantitative estimate of drug-likeness (QED) is 0.615. The summed E-state index contributed by atoms with van der Waals surface area (Å²) in [5.41, 5.74) is 4.68. The topological polar surface area (TPSA) is 130 Å². The minimum absolute atomic E-state index is 0.267. The van der Waals surface area contributed by atoms with Gasteiger partial charge in [0.05, 0.1) is 12.0 Å². The summed E-state index contributed by atoms with van der Waals surface area (Å²) in [6.07, 6.45) is 0.267. The molecule has 3 rings (SSSR count). The van der Waals surface area contributed by atoms with Crippen molar-refractivity contribution in [1.29, 1.82) is 0 Å². The van der Waals surface area contributed by atoms with Gasteiger partial charge in [0.2, 0.25) is 0 Å². The molecule has 22 heavy (non-hydrogen) atoms. The van der Waals surface area contributed by atoms with Gasteiger partial charge in [-0.2, -0.15) is 0 Å². The van der Waals surface area contributed by atoms with E-state index in [0.717, 1.165) is 0 Å². The zero-order valence-electron chi connectivity index (χ0n) is 11.6. The van der Waals surface area contributed by atoms with Crippen molar-refractivity contribution in [3.63, 3.8) is 0 Å². The Bertz CT molecular complexity index is 647. The van der Waals surface area contributed by atoms with Gasteiger partial charge in [0.25, 0.3) is 5.91 Å². The smallest absolute Gasteiger partial charge is 0.326 e. The van der Waals surface area contributed by atoms with Gasteiger partial charge in [-0.25, -0.2) is 0 Å². The number of rotatable bonds is 4. The number of carboxylic acids is 2. The molecular formula is C15H16N2O5. The van der Waals surface area contributed by atoms with Gasteiger partial charge in [0.1, 0.15) is 5.54 Å². The summed E-state index contributed by atoms with van der Waals surface area (Å²) in [7, 11) is 0. The van der Waals surface area contributed by atoms with Crippen molar-refractivity contribution in [2.45, 2.75) is 18.0 Å². The van der Waals surface area contributed by atoms with Crippen molar-refractivity contribution in [3.8, 4) is 0 Å². The zero-order valence-corrected chi connectivity index (χ0v) is 11.6. The number of hydrogen-bond donors (Lipinski definition) is 4. The molecule has 116 valence electrons. The monoisotopic (exact) mass is 304 g/mol. The van der Waals surface area contributed by atoms with E-state index in [1.54, 1.807) is 30.3 Å². The van der Waals surface area contributed by atoms with Crippen LogP contribution in [0.5, 0.6) is 0 Å². The first-order valence-corrected chi connectivity index (χ1v) is 6.98. The molecule has 1 amide bonds. The van der Waals surface area contributed by atoms with Gasteiger partial charge in [-0.1, -0.05) is 18.2 Å². The van der Waals surface area contributed by atoms with E-state index < -0.39 is 41.3 Å². The second-order valence-electron chi connectivity index (χ2n) is 5.92. The SMILES string of the molecule is N[C@]1(C(=O)O)[C@H]2[C@@H](C[C@H]1NC(=O)c1ccccc1)[C@@H]2C(=O)O. The molecule has 0 radical (unpaired) electrons. The van der Waals surface area contributed by atoms with Gasteiger partial charge in [-0.3, -0.25) is 14.4 Å². The van der Waals surface area contributed by atoms with Crippen molar-refractivity contribution in [2.24, 2.45) is 23.5 Å². The molecule has 2 aliphatic rings. The van der Waals surface area contributed by atoms with Crippen LogP contribution >= 0.6 is 0 Å². The molecule has 5 atom stereocenters. The first-order chi connectivity index (χ1) is 10.4. The molecule has 2 saturated carbocycles. The number of benzene rings is 1. The lowest BCUT2D eigenvalue weighted by molar-refractivity contribution is -0.146. The molecular weight excluding hydrogens is 288 g/mol. The maximum Gasteiger partial charge on any atom is 0.326 e. The predicted molar refractivity (Wildman–Crippen MR) is 75.0 cm³/mol. The van der Waals surface area contributed by atoms with E-state index in [1.165, 1.54) is 0 Å². The Hall–Kier alpha value is -2.41. The number of carbonyl (C=O) groups excluding carboxylic acids is 1. The maximum absolute atomic E-state index is 12.2. The lowest BCUT2D eigenvalue weighted by Gasteiger charge is -2.31. The highest BCUT2D eigenvalue weighted by molar-refractivity contribution is 5.95. The van der Waals surface area contributed by atoms with E-state index in [9.17, 15) is 19.5 Å². The highest BCUT2D eigenvalue weighted by atomic mass is 16.4. The van der Waals surface area contributed by atoms with Crippen LogP contribution in [-0.2, 0) is 9.59 Å². The number of nitrogens with two attached hydrogens (primary N) is 1. The average Bonchev–Trinajstić information content (AvgIpc) is 3.14. The maximum atomic E-state index is 12.2. The molecule has 0 aliphatic heterocycles. The largest absolute Gasteiger partial charge is 0.481 e. The van der Waals surface area contributed by atoms with Crippen LogP contribution in [0.3, 0.4) is 0 Å². The van der Waals surface area contributed by atoms with Crippen LogP contribution in [-0.4, -0.2) is 39.6 Å². The summed E-state index contributed by atoms with van der Waals surface area (Å²) in [4.78, 5) is 34.9. The van der Waals surface area contributed by atoms with E-state index in [4.69, 9.17) is 10.8 Å². The summed E-state index contributed by atoms with van der Waals surface area (Å²) in [6, 6.07) is 7.63. The highest BCUT2D eigenvalue weighted by Gasteiger charge is 2.74. The van der Waals surface area contributed by atoms with Crippen LogP contribution in [0.25, 0.3) is 0 Å². The van der Waals surface area contributed by atoms with E-state index in [1.807, 2.05) is 0 Å². The second kappa shape index (κ2) is 4.81. The van der Waals surface area contributed by atoms with Crippen LogP contribution in [0.2, 0.25) is 0 Å². The normalized spacial score (nSPS) is 35.5. The van der Waals surface area contributed by atoms with Gasteiger partial charge in [-0.15, -0.1) is 0 Å². The van der Waals surface area contributed by atoms with Gasteiger partial charge >= 0.3 is 11.9 Å². The molecule has 0 unspecified atom stereocenters.